The zero-order chi connectivity index (χ0) is 29.7. The van der Waals surface area contributed by atoms with E-state index in [0.29, 0.717) is 12.0 Å². The van der Waals surface area contributed by atoms with Gasteiger partial charge in [0.05, 0.1) is 16.4 Å². The molecule has 12 heteroatoms. The van der Waals surface area contributed by atoms with Crippen LogP contribution in [0.15, 0.2) is 77.8 Å². The van der Waals surface area contributed by atoms with E-state index in [0.717, 1.165) is 32.9 Å². The van der Waals surface area contributed by atoms with Gasteiger partial charge >= 0.3 is 0 Å². The number of amides is 1. The van der Waals surface area contributed by atoms with Gasteiger partial charge < -0.3 is 9.88 Å². The molecule has 216 valence electrons. The van der Waals surface area contributed by atoms with E-state index in [1.54, 1.807) is 17.0 Å². The molecule has 0 saturated carbocycles. The van der Waals surface area contributed by atoms with Gasteiger partial charge in [-0.05, 0) is 53.8 Å². The Hall–Kier alpha value is -3.80. The number of halogens is 2. The molecule has 4 aromatic rings. The van der Waals surface area contributed by atoms with Crippen molar-refractivity contribution < 1.29 is 22.5 Å². The van der Waals surface area contributed by atoms with Gasteiger partial charge in [0.25, 0.3) is 5.69 Å². The van der Waals surface area contributed by atoms with Crippen LogP contribution >= 0.6 is 11.6 Å². The van der Waals surface area contributed by atoms with E-state index >= 15 is 0 Å². The summed E-state index contributed by atoms with van der Waals surface area (Å²) in [5.74, 6) is -1.00. The summed E-state index contributed by atoms with van der Waals surface area (Å²) in [7, 11) is -4.29. The molecule has 0 aliphatic carbocycles. The number of sulfonamides is 1. The number of hydrogen-bond acceptors (Lipinski definition) is 5. The number of H-pyrrole nitrogens is 1. The van der Waals surface area contributed by atoms with Crippen molar-refractivity contribution >= 4 is 44.1 Å². The molecule has 0 unspecified atom stereocenters. The number of nitro benzene ring substituents is 1. The van der Waals surface area contributed by atoms with Crippen molar-refractivity contribution in [3.8, 4) is 0 Å². The molecular formula is C29H30ClFN4O5S. The van der Waals surface area contributed by atoms with Crippen molar-refractivity contribution in [3.63, 3.8) is 0 Å². The predicted molar refractivity (Wildman–Crippen MR) is 156 cm³/mol. The molecule has 1 amide bonds. The normalized spacial score (nSPS) is 11.9. The fourth-order valence-electron chi connectivity index (χ4n) is 4.54. The summed E-state index contributed by atoms with van der Waals surface area (Å²) in [6.07, 6.45) is 2.38. The first kappa shape index (κ1) is 30.2. The lowest BCUT2D eigenvalue weighted by molar-refractivity contribution is -0.384. The van der Waals surface area contributed by atoms with E-state index in [4.69, 9.17) is 11.6 Å². The topological polar surface area (TPSA) is 117 Å². The molecule has 3 aromatic carbocycles. The molecule has 0 bridgehead atoms. The number of fused-ring (bicyclic) bond motifs is 1. The minimum Gasteiger partial charge on any atom is -0.361 e. The molecule has 0 spiro atoms. The predicted octanol–water partition coefficient (Wildman–Crippen LogP) is 5.79. The summed E-state index contributed by atoms with van der Waals surface area (Å²) in [5, 5.41) is 12.2. The number of rotatable bonds is 12. The third-order valence-corrected chi connectivity index (χ3v) is 8.73. The van der Waals surface area contributed by atoms with E-state index in [1.807, 2.05) is 44.3 Å². The molecule has 1 heterocycles. The summed E-state index contributed by atoms with van der Waals surface area (Å²) in [4.78, 5) is 28.8. The Morgan fingerprint density at radius 1 is 1.10 bits per heavy atom. The molecule has 0 radical (unpaired) electrons. The lowest BCUT2D eigenvalue weighted by Crippen LogP contribution is -2.44. The average molecular weight is 601 g/mol. The third kappa shape index (κ3) is 7.29. The molecule has 1 aromatic heterocycles. The maximum Gasteiger partial charge on any atom is 0.289 e. The SMILES string of the molecule is CC(C)CN(CC(=O)N(CCc1c[nH]c2ccccc12)Cc1ccc(F)cc1)S(=O)(=O)c1ccc(Cl)c([N+](=O)[O-])c1. The van der Waals surface area contributed by atoms with Gasteiger partial charge in [-0.15, -0.1) is 0 Å². The standard InChI is InChI=1S/C29H30ClFN4O5S/c1-20(2)17-34(41(39,40)24-11-12-26(30)28(15-24)35(37)38)19-29(36)33(18-21-7-9-23(31)10-8-21)14-13-22-16-32-27-6-4-3-5-25(22)27/h3-12,15-16,20,32H,13-14,17-19H2,1-2H3. The maximum atomic E-state index is 13.7. The summed E-state index contributed by atoms with van der Waals surface area (Å²) in [6.45, 7) is 3.57. The van der Waals surface area contributed by atoms with Crippen molar-refractivity contribution in [1.29, 1.82) is 0 Å². The third-order valence-electron chi connectivity index (χ3n) is 6.60. The first-order valence-electron chi connectivity index (χ1n) is 13.0. The van der Waals surface area contributed by atoms with Crippen molar-refractivity contribution in [2.24, 2.45) is 5.92 Å². The van der Waals surface area contributed by atoms with Crippen molar-refractivity contribution in [2.45, 2.75) is 31.7 Å². The van der Waals surface area contributed by atoms with Crippen LogP contribution in [0.1, 0.15) is 25.0 Å². The van der Waals surface area contributed by atoms with E-state index in [-0.39, 0.29) is 35.5 Å². The highest BCUT2D eigenvalue weighted by Crippen LogP contribution is 2.29. The quantitative estimate of drug-likeness (QED) is 0.163. The second-order valence-electron chi connectivity index (χ2n) is 10.1. The van der Waals surface area contributed by atoms with Crippen LogP contribution in [0.5, 0.6) is 0 Å². The van der Waals surface area contributed by atoms with E-state index in [9.17, 15) is 27.7 Å². The zero-order valence-electron chi connectivity index (χ0n) is 22.6. The van der Waals surface area contributed by atoms with Crippen molar-refractivity contribution in [1.82, 2.24) is 14.2 Å². The summed E-state index contributed by atoms with van der Waals surface area (Å²) < 4.78 is 41.9. The van der Waals surface area contributed by atoms with Gasteiger partial charge in [0, 0.05) is 42.8 Å². The largest absolute Gasteiger partial charge is 0.361 e. The molecule has 9 nitrogen and oxygen atoms in total. The summed E-state index contributed by atoms with van der Waals surface area (Å²) >= 11 is 5.89. The number of hydrogen-bond donors (Lipinski definition) is 1. The molecule has 0 aliphatic heterocycles. The summed E-state index contributed by atoms with van der Waals surface area (Å²) in [5.41, 5.74) is 2.10. The number of carbonyl (C=O) groups excluding carboxylic acids is 1. The fraction of sp³-hybridized carbons (Fsp3) is 0.276. The monoisotopic (exact) mass is 600 g/mol. The van der Waals surface area contributed by atoms with Crippen LogP contribution in [0, 0.1) is 21.8 Å². The lowest BCUT2D eigenvalue weighted by Gasteiger charge is -2.28. The van der Waals surface area contributed by atoms with Crippen molar-refractivity contribution in [3.05, 3.63) is 105 Å². The minimum absolute atomic E-state index is 0.0112. The van der Waals surface area contributed by atoms with E-state index < -0.39 is 38.9 Å². The Bertz CT molecular complexity index is 1660. The molecule has 41 heavy (non-hydrogen) atoms. The molecular weight excluding hydrogens is 571 g/mol. The van der Waals surface area contributed by atoms with Crippen LogP contribution in [-0.2, 0) is 27.8 Å². The number of nitro groups is 1. The fourth-order valence-corrected chi connectivity index (χ4v) is 6.30. The number of para-hydroxylation sites is 1. The number of nitrogens with zero attached hydrogens (tertiary/aromatic N) is 3. The van der Waals surface area contributed by atoms with Gasteiger partial charge in [0.1, 0.15) is 10.8 Å². The van der Waals surface area contributed by atoms with Gasteiger partial charge in [-0.3, -0.25) is 14.9 Å². The number of carbonyl (C=O) groups is 1. The molecule has 4 rings (SSSR count). The summed E-state index contributed by atoms with van der Waals surface area (Å²) in [6, 6.07) is 16.8. The molecule has 0 fully saturated rings. The van der Waals surface area contributed by atoms with Gasteiger partial charge in [0.2, 0.25) is 15.9 Å². The van der Waals surface area contributed by atoms with Crippen LogP contribution in [-0.4, -0.2) is 53.1 Å². The van der Waals surface area contributed by atoms with Gasteiger partial charge in [0.15, 0.2) is 0 Å². The zero-order valence-corrected chi connectivity index (χ0v) is 24.2. The van der Waals surface area contributed by atoms with Gasteiger partial charge in [-0.2, -0.15) is 4.31 Å². The Labute approximate surface area is 242 Å². The van der Waals surface area contributed by atoms with Gasteiger partial charge in [-0.25, -0.2) is 12.8 Å². The molecule has 0 saturated heterocycles. The Balaban J connectivity index is 1.62. The van der Waals surface area contributed by atoms with Crippen LogP contribution in [0.4, 0.5) is 10.1 Å². The van der Waals surface area contributed by atoms with Gasteiger partial charge in [-0.1, -0.05) is 55.8 Å². The number of aromatic nitrogens is 1. The highest BCUT2D eigenvalue weighted by molar-refractivity contribution is 7.89. The second kappa shape index (κ2) is 12.8. The molecule has 1 N–H and O–H groups in total. The van der Waals surface area contributed by atoms with Crippen LogP contribution in [0.25, 0.3) is 10.9 Å². The van der Waals surface area contributed by atoms with Crippen molar-refractivity contribution in [2.75, 3.05) is 19.6 Å². The van der Waals surface area contributed by atoms with Crippen LogP contribution in [0.3, 0.4) is 0 Å². The van der Waals surface area contributed by atoms with Crippen LogP contribution in [0.2, 0.25) is 5.02 Å². The Morgan fingerprint density at radius 3 is 2.49 bits per heavy atom. The smallest absolute Gasteiger partial charge is 0.289 e. The van der Waals surface area contributed by atoms with E-state index in [1.165, 1.54) is 18.2 Å². The highest BCUT2D eigenvalue weighted by atomic mass is 35.5. The van der Waals surface area contributed by atoms with E-state index in [2.05, 4.69) is 4.98 Å². The van der Waals surface area contributed by atoms with Crippen LogP contribution < -0.4 is 0 Å². The Morgan fingerprint density at radius 2 is 1.80 bits per heavy atom. The lowest BCUT2D eigenvalue weighted by atomic mass is 10.1. The average Bonchev–Trinajstić information content (AvgIpc) is 3.34. The highest BCUT2D eigenvalue weighted by Gasteiger charge is 2.31. The maximum absolute atomic E-state index is 13.7. The second-order valence-corrected chi connectivity index (χ2v) is 12.5. The minimum atomic E-state index is -4.29. The Kier molecular flexibility index (Phi) is 9.42. The number of benzene rings is 3. The number of nitrogens with one attached hydrogen (secondary N) is 1. The first-order valence-corrected chi connectivity index (χ1v) is 14.8. The number of aromatic amines is 1. The molecule has 0 atom stereocenters. The first-order chi connectivity index (χ1) is 19.5. The molecule has 0 aliphatic rings.